The van der Waals surface area contributed by atoms with E-state index in [0.717, 1.165) is 64.2 Å². The number of carbonyl (C=O) groups is 1. The minimum absolute atomic E-state index is 0.143. The summed E-state index contributed by atoms with van der Waals surface area (Å²) in [4.78, 5) is 13.0. The van der Waals surface area contributed by atoms with Crippen molar-refractivity contribution >= 4 is 5.91 Å². The quantitative estimate of drug-likeness (QED) is 0.0261. The van der Waals surface area contributed by atoms with E-state index in [4.69, 9.17) is 9.47 Å². The monoisotopic (exact) mass is 920 g/mol. The molecule has 1 rings (SSSR count). The summed E-state index contributed by atoms with van der Waals surface area (Å²) in [5.74, 6) is -0.155. The molecule has 6 N–H and O–H groups in total. The fourth-order valence-corrected chi connectivity index (χ4v) is 8.82. The molecule has 9 nitrogen and oxygen atoms in total. The first kappa shape index (κ1) is 61.4. The lowest BCUT2D eigenvalue weighted by molar-refractivity contribution is -0.302. The second kappa shape index (κ2) is 46.2. The highest BCUT2D eigenvalue weighted by atomic mass is 16.7. The minimum Gasteiger partial charge on any atom is -0.394 e. The van der Waals surface area contributed by atoms with Gasteiger partial charge < -0.3 is 40.3 Å². The van der Waals surface area contributed by atoms with Crippen LogP contribution in [0.25, 0.3) is 0 Å². The van der Waals surface area contributed by atoms with Crippen LogP contribution in [-0.2, 0) is 14.3 Å². The Balaban J connectivity index is 2.24. The zero-order valence-electron chi connectivity index (χ0n) is 42.3. The van der Waals surface area contributed by atoms with Gasteiger partial charge in [-0.15, -0.1) is 0 Å². The fourth-order valence-electron chi connectivity index (χ4n) is 8.82. The third-order valence-corrected chi connectivity index (χ3v) is 13.2. The molecule has 1 aliphatic heterocycles. The van der Waals surface area contributed by atoms with Gasteiger partial charge in [-0.3, -0.25) is 4.79 Å². The Kier molecular flexibility index (Phi) is 43.6. The number of rotatable bonds is 47. The first-order chi connectivity index (χ1) is 31.8. The molecule has 0 radical (unpaired) electrons. The lowest BCUT2D eigenvalue weighted by Gasteiger charge is -2.40. The average molecular weight is 920 g/mol. The predicted molar refractivity (Wildman–Crippen MR) is 272 cm³/mol. The van der Waals surface area contributed by atoms with Crippen LogP contribution in [0.2, 0.25) is 0 Å². The summed E-state index contributed by atoms with van der Waals surface area (Å²) in [6, 6.07) is -0.727. The predicted octanol–water partition coefficient (Wildman–Crippen LogP) is 13.2. The molecular weight excluding hydrogens is 815 g/mol. The van der Waals surface area contributed by atoms with Crippen LogP contribution in [-0.4, -0.2) is 87.5 Å². The van der Waals surface area contributed by atoms with Gasteiger partial charge in [-0.1, -0.05) is 237 Å². The van der Waals surface area contributed by atoms with Gasteiger partial charge in [0, 0.05) is 6.42 Å². The summed E-state index contributed by atoms with van der Waals surface area (Å²) >= 11 is 0. The van der Waals surface area contributed by atoms with Crippen LogP contribution in [0.15, 0.2) is 36.5 Å². The van der Waals surface area contributed by atoms with Crippen molar-refractivity contribution in [2.75, 3.05) is 13.2 Å². The summed E-state index contributed by atoms with van der Waals surface area (Å²) in [7, 11) is 0. The summed E-state index contributed by atoms with van der Waals surface area (Å²) in [5, 5.41) is 54.6. The average Bonchev–Trinajstić information content (AvgIpc) is 3.31. The maximum atomic E-state index is 13.0. The Morgan fingerprint density at radius 2 is 0.908 bits per heavy atom. The molecule has 7 atom stereocenters. The molecule has 382 valence electrons. The van der Waals surface area contributed by atoms with Crippen molar-refractivity contribution in [1.29, 1.82) is 0 Å². The van der Waals surface area contributed by atoms with Crippen LogP contribution >= 0.6 is 0 Å². The van der Waals surface area contributed by atoms with Gasteiger partial charge >= 0.3 is 0 Å². The molecular formula is C56H105NO8. The Bertz CT molecular complexity index is 1110. The number of allylic oxidation sites excluding steroid dienone is 6. The number of aliphatic hydroxyl groups is 5. The van der Waals surface area contributed by atoms with E-state index in [1.165, 1.54) is 167 Å². The lowest BCUT2D eigenvalue weighted by Crippen LogP contribution is -2.60. The molecule has 1 fully saturated rings. The van der Waals surface area contributed by atoms with E-state index in [0.29, 0.717) is 12.8 Å². The number of hydrogen-bond donors (Lipinski definition) is 6. The van der Waals surface area contributed by atoms with Gasteiger partial charge in [0.15, 0.2) is 6.29 Å². The zero-order valence-corrected chi connectivity index (χ0v) is 42.3. The van der Waals surface area contributed by atoms with E-state index in [9.17, 15) is 30.3 Å². The van der Waals surface area contributed by atoms with Gasteiger partial charge in [-0.25, -0.2) is 0 Å². The number of nitrogens with one attached hydrogen (secondary N) is 1. The third kappa shape index (κ3) is 36.1. The number of amides is 1. The van der Waals surface area contributed by atoms with Gasteiger partial charge in [0.1, 0.15) is 24.4 Å². The topological polar surface area (TPSA) is 149 Å². The molecule has 0 aliphatic carbocycles. The van der Waals surface area contributed by atoms with E-state index in [1.54, 1.807) is 0 Å². The lowest BCUT2D eigenvalue weighted by atomic mass is 9.99. The smallest absolute Gasteiger partial charge is 0.220 e. The molecule has 0 saturated carbocycles. The first-order valence-electron chi connectivity index (χ1n) is 27.7. The summed E-state index contributed by atoms with van der Waals surface area (Å²) in [5.41, 5.74) is 0. The van der Waals surface area contributed by atoms with Crippen molar-refractivity contribution in [2.45, 2.75) is 301 Å². The van der Waals surface area contributed by atoms with Crippen molar-refractivity contribution in [2.24, 2.45) is 0 Å². The number of unbranched alkanes of at least 4 members (excludes halogenated alkanes) is 31. The van der Waals surface area contributed by atoms with Gasteiger partial charge in [0.05, 0.1) is 25.4 Å². The fraction of sp³-hybridized carbons (Fsp3) is 0.875. The number of hydrogen-bond acceptors (Lipinski definition) is 8. The molecule has 0 spiro atoms. The third-order valence-electron chi connectivity index (χ3n) is 13.2. The van der Waals surface area contributed by atoms with Crippen molar-refractivity contribution in [3.63, 3.8) is 0 Å². The first-order valence-corrected chi connectivity index (χ1v) is 27.7. The van der Waals surface area contributed by atoms with E-state index in [2.05, 4.69) is 55.6 Å². The summed E-state index contributed by atoms with van der Waals surface area (Å²) in [6.07, 6.45) is 51.6. The molecule has 0 aromatic carbocycles. The summed E-state index contributed by atoms with van der Waals surface area (Å²) < 4.78 is 11.3. The van der Waals surface area contributed by atoms with Gasteiger partial charge in [0.2, 0.25) is 5.91 Å². The molecule has 9 heteroatoms. The summed E-state index contributed by atoms with van der Waals surface area (Å²) in [6.45, 7) is 3.82. The van der Waals surface area contributed by atoms with Crippen LogP contribution < -0.4 is 5.32 Å². The van der Waals surface area contributed by atoms with Crippen molar-refractivity contribution < 1.29 is 39.8 Å². The molecule has 1 heterocycles. The largest absolute Gasteiger partial charge is 0.394 e. The van der Waals surface area contributed by atoms with E-state index in [1.807, 2.05) is 0 Å². The van der Waals surface area contributed by atoms with Gasteiger partial charge in [-0.2, -0.15) is 0 Å². The Hall–Kier alpha value is -1.59. The zero-order chi connectivity index (χ0) is 47.3. The van der Waals surface area contributed by atoms with E-state index < -0.39 is 49.5 Å². The standard InChI is InChI=1S/C56H105NO8/c1-3-5-7-9-11-13-15-17-19-21-23-24-25-26-28-29-31-33-35-37-39-41-43-45-50(59)49(48-64-56-55(63)54(62)53(61)51(47-58)65-56)57-52(60)46-44-42-40-38-36-34-32-30-27-22-20-18-16-14-12-10-8-6-4-2/h12,14,18,20,27,30,49-51,53-56,58-59,61-63H,3-11,13,15-17,19,21-26,28-29,31-48H2,1-2H3,(H,57,60)/b14-12-,20-18-,30-27-. The molecule has 0 aromatic rings. The minimum atomic E-state index is -1.56. The van der Waals surface area contributed by atoms with Gasteiger partial charge in [0.25, 0.3) is 0 Å². The maximum absolute atomic E-state index is 13.0. The van der Waals surface area contributed by atoms with Crippen molar-refractivity contribution in [3.8, 4) is 0 Å². The molecule has 0 bridgehead atoms. The SMILES string of the molecule is CCCCC/C=C\C/C=C\C/C=C\CCCCCCCCC(=O)NC(COC1OC(CO)C(O)C(O)C1O)C(O)CCCCCCCCCCCCCCCCCCCCCCCCC. The Labute approximate surface area is 400 Å². The Morgan fingerprint density at radius 3 is 1.37 bits per heavy atom. The molecule has 0 aromatic heterocycles. The van der Waals surface area contributed by atoms with Crippen LogP contribution in [0.5, 0.6) is 0 Å². The van der Waals surface area contributed by atoms with Crippen LogP contribution in [0.1, 0.15) is 258 Å². The second-order valence-electron chi connectivity index (χ2n) is 19.4. The number of aliphatic hydroxyl groups excluding tert-OH is 5. The highest BCUT2D eigenvalue weighted by Crippen LogP contribution is 2.23. The van der Waals surface area contributed by atoms with Crippen molar-refractivity contribution in [1.82, 2.24) is 5.32 Å². The van der Waals surface area contributed by atoms with Gasteiger partial charge in [-0.05, 0) is 51.4 Å². The molecule has 1 saturated heterocycles. The Morgan fingerprint density at radius 1 is 0.523 bits per heavy atom. The number of carbonyl (C=O) groups excluding carboxylic acids is 1. The van der Waals surface area contributed by atoms with E-state index >= 15 is 0 Å². The van der Waals surface area contributed by atoms with Crippen LogP contribution in [0.3, 0.4) is 0 Å². The molecule has 7 unspecified atom stereocenters. The van der Waals surface area contributed by atoms with Crippen LogP contribution in [0, 0.1) is 0 Å². The normalized spacial score (nSPS) is 20.1. The maximum Gasteiger partial charge on any atom is 0.220 e. The van der Waals surface area contributed by atoms with Crippen molar-refractivity contribution in [3.05, 3.63) is 36.5 Å². The highest BCUT2D eigenvalue weighted by Gasteiger charge is 2.44. The molecule has 65 heavy (non-hydrogen) atoms. The molecule has 1 amide bonds. The number of ether oxygens (including phenoxy) is 2. The van der Waals surface area contributed by atoms with E-state index in [-0.39, 0.29) is 12.5 Å². The van der Waals surface area contributed by atoms with Crippen LogP contribution in [0.4, 0.5) is 0 Å². The second-order valence-corrected chi connectivity index (χ2v) is 19.4. The highest BCUT2D eigenvalue weighted by molar-refractivity contribution is 5.76. The molecule has 1 aliphatic rings.